The Bertz CT molecular complexity index is 170. The Morgan fingerprint density at radius 3 is 2.47 bits per heavy atom. The minimum Gasteiger partial charge on any atom is -0.469 e. The highest BCUT2D eigenvalue weighted by Gasteiger charge is 1.94. The van der Waals surface area contributed by atoms with Crippen LogP contribution < -0.4 is 5.73 Å². The van der Waals surface area contributed by atoms with Crippen molar-refractivity contribution in [1.29, 1.82) is 0 Å². The van der Waals surface area contributed by atoms with Crippen molar-refractivity contribution >= 4 is 6.02 Å². The molecular weight excluding hydrogens is 192 g/mol. The zero-order valence-corrected chi connectivity index (χ0v) is 10.2. The molecule has 0 aromatic rings. The van der Waals surface area contributed by atoms with Gasteiger partial charge in [-0.05, 0) is 26.7 Å². The molecule has 0 spiro atoms. The predicted octanol–water partition coefficient (Wildman–Crippen LogP) is 1.93. The lowest BCUT2D eigenvalue weighted by Crippen LogP contribution is -2.14. The number of hydrogen-bond acceptors (Lipinski definition) is 3. The number of aliphatic imine (C=N–C) groups is 1. The molecule has 0 bridgehead atoms. The van der Waals surface area contributed by atoms with Crippen molar-refractivity contribution in [3.63, 3.8) is 0 Å². The first-order chi connectivity index (χ1) is 7.16. The number of unbranched alkanes of at least 4 members (excludes halogenated alkanes) is 3. The van der Waals surface area contributed by atoms with Crippen LogP contribution in [0.1, 0.15) is 39.5 Å². The number of nitrogens with two attached hydrogens (primary N) is 1. The zero-order chi connectivity index (χ0) is 11.5. The standard InChI is InChI=1S/C11H24N2O2/c1-10(2)15-9-7-5-4-6-8-13-11(12)14-3/h10H,4-9H2,1-3H3,(H2,12,13). The largest absolute Gasteiger partial charge is 0.469 e. The van der Waals surface area contributed by atoms with Crippen LogP contribution in [-0.2, 0) is 9.47 Å². The van der Waals surface area contributed by atoms with E-state index in [-0.39, 0.29) is 6.02 Å². The summed E-state index contributed by atoms with van der Waals surface area (Å²) < 4.78 is 10.2. The second kappa shape index (κ2) is 9.77. The van der Waals surface area contributed by atoms with Crippen LogP contribution in [0.4, 0.5) is 0 Å². The summed E-state index contributed by atoms with van der Waals surface area (Å²) in [5, 5.41) is 0. The Labute approximate surface area is 92.9 Å². The second-order valence-corrected chi connectivity index (χ2v) is 3.76. The lowest BCUT2D eigenvalue weighted by atomic mass is 10.2. The van der Waals surface area contributed by atoms with Gasteiger partial charge in [-0.2, -0.15) is 0 Å². The fourth-order valence-corrected chi connectivity index (χ4v) is 1.14. The van der Waals surface area contributed by atoms with Gasteiger partial charge < -0.3 is 15.2 Å². The highest BCUT2D eigenvalue weighted by atomic mass is 16.5. The Hall–Kier alpha value is -0.770. The molecule has 0 aliphatic carbocycles. The molecule has 0 heterocycles. The summed E-state index contributed by atoms with van der Waals surface area (Å²) in [6.07, 6.45) is 4.89. The first-order valence-electron chi connectivity index (χ1n) is 5.62. The molecule has 0 unspecified atom stereocenters. The van der Waals surface area contributed by atoms with Gasteiger partial charge in [0.05, 0.1) is 13.2 Å². The molecular formula is C11H24N2O2. The van der Waals surface area contributed by atoms with Crippen LogP contribution in [0.2, 0.25) is 0 Å². The van der Waals surface area contributed by atoms with Crippen molar-refractivity contribution in [3.05, 3.63) is 0 Å². The Balaban J connectivity index is 3.12. The van der Waals surface area contributed by atoms with Gasteiger partial charge in [0.1, 0.15) is 0 Å². The maximum absolute atomic E-state index is 5.44. The molecule has 0 saturated carbocycles. The molecule has 2 N–H and O–H groups in total. The summed E-state index contributed by atoms with van der Waals surface area (Å²) in [6.45, 7) is 5.73. The van der Waals surface area contributed by atoms with Crippen molar-refractivity contribution in [2.45, 2.75) is 45.6 Å². The average molecular weight is 216 g/mol. The molecule has 0 atom stereocenters. The summed E-state index contributed by atoms with van der Waals surface area (Å²) in [6, 6.07) is 0.276. The van der Waals surface area contributed by atoms with Gasteiger partial charge in [0, 0.05) is 13.2 Å². The van der Waals surface area contributed by atoms with Crippen LogP contribution >= 0.6 is 0 Å². The van der Waals surface area contributed by atoms with Crippen LogP contribution in [0.3, 0.4) is 0 Å². The molecule has 0 aromatic carbocycles. The zero-order valence-electron chi connectivity index (χ0n) is 10.2. The summed E-state index contributed by atoms with van der Waals surface area (Å²) >= 11 is 0. The highest BCUT2D eigenvalue weighted by Crippen LogP contribution is 2.01. The average Bonchev–Trinajstić information content (AvgIpc) is 2.21. The van der Waals surface area contributed by atoms with Gasteiger partial charge in [-0.1, -0.05) is 12.8 Å². The van der Waals surface area contributed by atoms with Gasteiger partial charge in [-0.3, -0.25) is 0 Å². The molecule has 0 aromatic heterocycles. The molecule has 4 nitrogen and oxygen atoms in total. The monoisotopic (exact) mass is 216 g/mol. The number of nitrogens with zero attached hydrogens (tertiary/aromatic N) is 1. The van der Waals surface area contributed by atoms with E-state index in [1.165, 1.54) is 20.0 Å². The van der Waals surface area contributed by atoms with Gasteiger partial charge in [0.2, 0.25) is 0 Å². The fourth-order valence-electron chi connectivity index (χ4n) is 1.14. The van der Waals surface area contributed by atoms with E-state index < -0.39 is 0 Å². The lowest BCUT2D eigenvalue weighted by molar-refractivity contribution is 0.0757. The van der Waals surface area contributed by atoms with Gasteiger partial charge in [0.15, 0.2) is 0 Å². The number of methoxy groups -OCH3 is 1. The van der Waals surface area contributed by atoms with Gasteiger partial charge in [-0.15, -0.1) is 0 Å². The molecule has 0 aliphatic rings. The van der Waals surface area contributed by atoms with Gasteiger partial charge >= 0.3 is 0 Å². The van der Waals surface area contributed by atoms with Crippen molar-refractivity contribution in [3.8, 4) is 0 Å². The number of hydrogen-bond donors (Lipinski definition) is 1. The van der Waals surface area contributed by atoms with E-state index in [0.717, 1.165) is 26.0 Å². The molecule has 0 saturated heterocycles. The third kappa shape index (κ3) is 11.2. The highest BCUT2D eigenvalue weighted by molar-refractivity contribution is 5.71. The topological polar surface area (TPSA) is 56.8 Å². The normalized spacial score (nSPS) is 12.1. The third-order valence-electron chi connectivity index (χ3n) is 1.98. The quantitative estimate of drug-likeness (QED) is 0.383. The number of rotatable bonds is 8. The first kappa shape index (κ1) is 14.2. The van der Waals surface area contributed by atoms with Crippen molar-refractivity contribution in [2.24, 2.45) is 10.7 Å². The van der Waals surface area contributed by atoms with Crippen molar-refractivity contribution < 1.29 is 9.47 Å². The van der Waals surface area contributed by atoms with Crippen LogP contribution in [0.15, 0.2) is 4.99 Å². The summed E-state index contributed by atoms with van der Waals surface area (Å²) in [7, 11) is 1.53. The number of ether oxygens (including phenoxy) is 2. The van der Waals surface area contributed by atoms with Crippen LogP contribution in [-0.4, -0.2) is 32.4 Å². The SMILES string of the molecule is COC(N)=NCCCCCCOC(C)C. The van der Waals surface area contributed by atoms with Crippen molar-refractivity contribution in [2.75, 3.05) is 20.3 Å². The lowest BCUT2D eigenvalue weighted by Gasteiger charge is -2.06. The van der Waals surface area contributed by atoms with E-state index in [0.29, 0.717) is 6.10 Å². The molecule has 15 heavy (non-hydrogen) atoms. The molecule has 0 rings (SSSR count). The molecule has 0 fully saturated rings. The summed E-state index contributed by atoms with van der Waals surface area (Å²) in [5.74, 6) is 0. The Morgan fingerprint density at radius 2 is 1.87 bits per heavy atom. The van der Waals surface area contributed by atoms with E-state index in [1.54, 1.807) is 0 Å². The maximum atomic E-state index is 5.44. The third-order valence-corrected chi connectivity index (χ3v) is 1.98. The van der Waals surface area contributed by atoms with Gasteiger partial charge in [0.25, 0.3) is 6.02 Å². The summed E-state index contributed by atoms with van der Waals surface area (Å²) in [5.41, 5.74) is 5.38. The fraction of sp³-hybridized carbons (Fsp3) is 0.909. The Kier molecular flexibility index (Phi) is 9.27. The number of amidine groups is 1. The molecule has 90 valence electrons. The second-order valence-electron chi connectivity index (χ2n) is 3.76. The molecule has 0 radical (unpaired) electrons. The van der Waals surface area contributed by atoms with Crippen LogP contribution in [0.5, 0.6) is 0 Å². The minimum absolute atomic E-state index is 0.276. The van der Waals surface area contributed by atoms with E-state index in [9.17, 15) is 0 Å². The molecule has 4 heteroatoms. The Morgan fingerprint density at radius 1 is 1.20 bits per heavy atom. The van der Waals surface area contributed by atoms with Crippen LogP contribution in [0.25, 0.3) is 0 Å². The van der Waals surface area contributed by atoms with Gasteiger partial charge in [-0.25, -0.2) is 4.99 Å². The van der Waals surface area contributed by atoms with E-state index in [1.807, 2.05) is 0 Å². The predicted molar refractivity (Wildman–Crippen MR) is 63.1 cm³/mol. The smallest absolute Gasteiger partial charge is 0.281 e. The van der Waals surface area contributed by atoms with Crippen molar-refractivity contribution in [1.82, 2.24) is 0 Å². The minimum atomic E-state index is 0.276. The van der Waals surface area contributed by atoms with Crippen LogP contribution in [0, 0.1) is 0 Å². The van der Waals surface area contributed by atoms with E-state index in [4.69, 9.17) is 15.2 Å². The van der Waals surface area contributed by atoms with E-state index in [2.05, 4.69) is 18.8 Å². The molecule has 0 aliphatic heterocycles. The summed E-state index contributed by atoms with van der Waals surface area (Å²) in [4.78, 5) is 4.03. The maximum Gasteiger partial charge on any atom is 0.281 e. The first-order valence-corrected chi connectivity index (χ1v) is 5.62. The molecule has 0 amide bonds. The van der Waals surface area contributed by atoms with E-state index >= 15 is 0 Å².